The van der Waals surface area contributed by atoms with Crippen LogP contribution < -0.4 is 11.2 Å². The first-order valence-electron chi connectivity index (χ1n) is 12.9. The van der Waals surface area contributed by atoms with Crippen LogP contribution in [0, 0.1) is 0 Å². The van der Waals surface area contributed by atoms with Crippen LogP contribution in [0.1, 0.15) is 65.6 Å². The Balaban J connectivity index is 2.56. The van der Waals surface area contributed by atoms with E-state index in [9.17, 15) is 44.3 Å². The highest BCUT2D eigenvalue weighted by Crippen LogP contribution is 2.37. The van der Waals surface area contributed by atoms with Gasteiger partial charge < -0.3 is 21.2 Å². The molecule has 0 aliphatic rings. The maximum absolute atomic E-state index is 13.7. The fourth-order valence-corrected chi connectivity index (χ4v) is 4.33. The van der Waals surface area contributed by atoms with Crippen LogP contribution in [0.15, 0.2) is 41.5 Å². The molecule has 0 amide bonds. The molecule has 43 heavy (non-hydrogen) atoms. The van der Waals surface area contributed by atoms with Gasteiger partial charge in [0.25, 0.3) is 0 Å². The van der Waals surface area contributed by atoms with Gasteiger partial charge in [-0.3, -0.25) is 9.69 Å². The van der Waals surface area contributed by atoms with Gasteiger partial charge >= 0.3 is 24.5 Å². The molecule has 2 rings (SSSR count). The zero-order valence-electron chi connectivity index (χ0n) is 23.5. The zero-order chi connectivity index (χ0) is 32.8. The Labute approximate surface area is 242 Å². The summed E-state index contributed by atoms with van der Waals surface area (Å²) in [5, 5.41) is 12.6. The Hall–Kier alpha value is -3.69. The van der Waals surface area contributed by atoms with Crippen LogP contribution >= 0.6 is 0 Å². The fourth-order valence-electron chi connectivity index (χ4n) is 4.33. The highest BCUT2D eigenvalue weighted by atomic mass is 19.4. The summed E-state index contributed by atoms with van der Waals surface area (Å²) in [6.45, 7) is 0.984. The Morgan fingerprint density at radius 1 is 0.907 bits per heavy atom. The van der Waals surface area contributed by atoms with E-state index in [-0.39, 0.29) is 18.1 Å². The molecule has 0 saturated heterocycles. The highest BCUT2D eigenvalue weighted by Gasteiger charge is 2.37. The first kappa shape index (κ1) is 35.5. The molecule has 0 bridgehead atoms. The number of nitrogens with two attached hydrogens (primary N) is 1. The van der Waals surface area contributed by atoms with Crippen LogP contribution in [-0.4, -0.2) is 47.5 Å². The molecule has 2 aromatic carbocycles. The summed E-state index contributed by atoms with van der Waals surface area (Å²) >= 11 is 0. The van der Waals surface area contributed by atoms with Gasteiger partial charge in [-0.15, -0.1) is 5.10 Å². The van der Waals surface area contributed by atoms with E-state index in [2.05, 4.69) is 10.5 Å². The minimum atomic E-state index is -5.11. The molecule has 0 aliphatic carbocycles. The van der Waals surface area contributed by atoms with Crippen LogP contribution in [0.2, 0.25) is 0 Å². The van der Waals surface area contributed by atoms with Gasteiger partial charge in [0.1, 0.15) is 0 Å². The summed E-state index contributed by atoms with van der Waals surface area (Å²) in [5.41, 5.74) is 4.18. The number of hydrazone groups is 1. The minimum absolute atomic E-state index is 0.0300. The van der Waals surface area contributed by atoms with Crippen molar-refractivity contribution in [3.05, 3.63) is 69.8 Å². The maximum Gasteiger partial charge on any atom is 0.416 e. The molecule has 0 aliphatic heterocycles. The van der Waals surface area contributed by atoms with Crippen molar-refractivity contribution < 1.29 is 49.4 Å². The number of guanidine groups is 1. The van der Waals surface area contributed by atoms with Crippen molar-refractivity contribution >= 4 is 11.9 Å². The SMILES string of the molecule is CN/N=C(\N)N(Cc1cc(C(F)(F)F)cc(C(F)(F)F)c1)Cc1cc(C(F)(F)F)ccc1C(C)N(C)CCCCC(=O)O. The van der Waals surface area contributed by atoms with Crippen molar-refractivity contribution in [3.8, 4) is 0 Å². The highest BCUT2D eigenvalue weighted by molar-refractivity contribution is 5.78. The average molecular weight is 630 g/mol. The lowest BCUT2D eigenvalue weighted by atomic mass is 9.96. The Morgan fingerprint density at radius 2 is 1.47 bits per heavy atom. The number of hydrogen-bond acceptors (Lipinski definition) is 4. The number of carboxylic acid groups (broad SMARTS) is 1. The van der Waals surface area contributed by atoms with E-state index in [0.29, 0.717) is 37.1 Å². The number of alkyl halides is 9. The predicted molar refractivity (Wildman–Crippen MR) is 140 cm³/mol. The number of halogens is 9. The van der Waals surface area contributed by atoms with Gasteiger partial charge in [0.15, 0.2) is 0 Å². The number of carboxylic acids is 1. The number of carbonyl (C=O) groups is 1. The summed E-state index contributed by atoms with van der Waals surface area (Å²) in [6.07, 6.45) is -14.2. The predicted octanol–water partition coefficient (Wildman–Crippen LogP) is 6.44. The molecule has 240 valence electrons. The summed E-state index contributed by atoms with van der Waals surface area (Å²) in [5.74, 6) is -1.36. The van der Waals surface area contributed by atoms with E-state index < -0.39 is 71.8 Å². The van der Waals surface area contributed by atoms with Crippen LogP contribution in [0.4, 0.5) is 39.5 Å². The van der Waals surface area contributed by atoms with Gasteiger partial charge in [0, 0.05) is 32.6 Å². The third-order valence-electron chi connectivity index (χ3n) is 6.67. The van der Waals surface area contributed by atoms with Gasteiger partial charge in [0.05, 0.1) is 16.7 Å². The van der Waals surface area contributed by atoms with Crippen molar-refractivity contribution in [1.82, 2.24) is 15.2 Å². The molecular weight excluding hydrogens is 597 g/mol. The smallest absolute Gasteiger partial charge is 0.416 e. The van der Waals surface area contributed by atoms with Crippen LogP contribution in [-0.2, 0) is 36.4 Å². The lowest BCUT2D eigenvalue weighted by Gasteiger charge is -2.30. The second kappa shape index (κ2) is 14.2. The molecule has 0 fully saturated rings. The first-order chi connectivity index (χ1) is 19.7. The largest absolute Gasteiger partial charge is 0.481 e. The molecule has 0 radical (unpaired) electrons. The molecule has 0 heterocycles. The zero-order valence-corrected chi connectivity index (χ0v) is 23.5. The molecule has 0 spiro atoms. The Morgan fingerprint density at radius 3 is 1.95 bits per heavy atom. The van der Waals surface area contributed by atoms with Crippen molar-refractivity contribution in [2.24, 2.45) is 10.8 Å². The molecule has 1 unspecified atom stereocenters. The summed E-state index contributed by atoms with van der Waals surface area (Å²) in [6, 6.07) is 3.42. The molecule has 4 N–H and O–H groups in total. The van der Waals surface area contributed by atoms with E-state index in [1.54, 1.807) is 18.9 Å². The summed E-state index contributed by atoms with van der Waals surface area (Å²) in [7, 11) is 3.01. The van der Waals surface area contributed by atoms with Crippen LogP contribution in [0.5, 0.6) is 0 Å². The van der Waals surface area contributed by atoms with Gasteiger partial charge in [0.2, 0.25) is 5.96 Å². The Kier molecular flexibility index (Phi) is 11.7. The van der Waals surface area contributed by atoms with Gasteiger partial charge in [-0.2, -0.15) is 39.5 Å². The number of rotatable bonds is 12. The van der Waals surface area contributed by atoms with Gasteiger partial charge in [-0.25, -0.2) is 0 Å². The third-order valence-corrected chi connectivity index (χ3v) is 6.67. The molecule has 0 saturated carbocycles. The van der Waals surface area contributed by atoms with E-state index in [4.69, 9.17) is 10.8 Å². The molecule has 2 aromatic rings. The second-order valence-electron chi connectivity index (χ2n) is 9.88. The lowest BCUT2D eigenvalue weighted by Crippen LogP contribution is -2.38. The molecule has 1 atom stereocenters. The number of aliphatic carboxylic acids is 1. The molecular formula is C27H32F9N5O2. The van der Waals surface area contributed by atoms with E-state index in [1.165, 1.54) is 13.1 Å². The summed E-state index contributed by atoms with van der Waals surface area (Å²) in [4.78, 5) is 13.6. The maximum atomic E-state index is 13.7. The number of benzene rings is 2. The van der Waals surface area contributed by atoms with E-state index in [0.717, 1.165) is 17.0 Å². The van der Waals surface area contributed by atoms with Gasteiger partial charge in [-0.1, -0.05) is 6.07 Å². The van der Waals surface area contributed by atoms with Crippen LogP contribution in [0.3, 0.4) is 0 Å². The normalized spacial score (nSPS) is 13.7. The average Bonchev–Trinajstić information content (AvgIpc) is 2.88. The molecule has 0 aromatic heterocycles. The standard InChI is InChI=1S/C27H32F9N5O2/c1-16(40(3)9-5-4-6-23(42)43)22-8-7-19(25(28,29)30)12-18(22)15-41(24(37)39-38-2)14-17-10-20(26(31,32)33)13-21(11-17)27(34,35)36/h7-8,10-13,16,38H,4-6,9,14-15H2,1-3H3,(H2,37,39)(H,42,43). The van der Waals surface area contributed by atoms with Crippen molar-refractivity contribution in [2.45, 2.75) is 63.8 Å². The van der Waals surface area contributed by atoms with Crippen molar-refractivity contribution in [1.29, 1.82) is 0 Å². The Bertz CT molecular complexity index is 1240. The van der Waals surface area contributed by atoms with E-state index >= 15 is 0 Å². The monoisotopic (exact) mass is 629 g/mol. The first-order valence-corrected chi connectivity index (χ1v) is 12.9. The lowest BCUT2D eigenvalue weighted by molar-refractivity contribution is -0.143. The van der Waals surface area contributed by atoms with Crippen molar-refractivity contribution in [3.63, 3.8) is 0 Å². The minimum Gasteiger partial charge on any atom is -0.481 e. The number of unbranched alkanes of at least 4 members (excludes halogenated alkanes) is 1. The fraction of sp³-hybridized carbons (Fsp3) is 0.481. The van der Waals surface area contributed by atoms with Crippen molar-refractivity contribution in [2.75, 3.05) is 20.6 Å². The van der Waals surface area contributed by atoms with Crippen LogP contribution in [0.25, 0.3) is 0 Å². The second-order valence-corrected chi connectivity index (χ2v) is 9.88. The third kappa shape index (κ3) is 10.5. The number of nitrogens with zero attached hydrogens (tertiary/aromatic N) is 3. The summed E-state index contributed by atoms with van der Waals surface area (Å²) < 4.78 is 122. The number of hydrogen-bond donors (Lipinski definition) is 3. The quantitative estimate of drug-likeness (QED) is 0.0823. The molecule has 7 nitrogen and oxygen atoms in total. The van der Waals surface area contributed by atoms with E-state index in [1.807, 2.05) is 0 Å². The number of nitrogens with one attached hydrogen (secondary N) is 1. The molecule has 16 heteroatoms. The topological polar surface area (TPSA) is 94.2 Å². The van der Waals surface area contributed by atoms with Gasteiger partial charge in [-0.05, 0) is 80.4 Å².